The van der Waals surface area contributed by atoms with E-state index in [2.05, 4.69) is 45.2 Å². The van der Waals surface area contributed by atoms with E-state index in [1.807, 2.05) is 20.8 Å². The molecule has 0 aromatic carbocycles. The van der Waals surface area contributed by atoms with Crippen molar-refractivity contribution in [3.8, 4) is 0 Å². The summed E-state index contributed by atoms with van der Waals surface area (Å²) in [6.45, 7) is 17.3. The first-order valence-electron chi connectivity index (χ1n) is 11.1. The van der Waals surface area contributed by atoms with Gasteiger partial charge in [0.05, 0.1) is 0 Å². The molecule has 0 aromatic rings. The third-order valence-corrected chi connectivity index (χ3v) is 8.70. The predicted octanol–water partition coefficient (Wildman–Crippen LogP) is 4.60. The van der Waals surface area contributed by atoms with Crippen molar-refractivity contribution in [2.45, 2.75) is 79.8 Å². The molecule has 5 nitrogen and oxygen atoms in total. The van der Waals surface area contributed by atoms with Crippen LogP contribution in [0.3, 0.4) is 0 Å². The summed E-state index contributed by atoms with van der Waals surface area (Å²) in [6.07, 6.45) is 6.90. The maximum atomic E-state index is 13.0. The second kappa shape index (κ2) is 12.2. The monoisotopic (exact) mass is 413 g/mol. The fraction of sp³-hybridized carbons (Fsp3) is 0.864. The fourth-order valence-corrected chi connectivity index (χ4v) is 7.03. The lowest BCUT2D eigenvalue weighted by molar-refractivity contribution is -0.128. The van der Waals surface area contributed by atoms with Crippen molar-refractivity contribution in [2.24, 2.45) is 17.3 Å². The largest absolute Gasteiger partial charge is 0.500 e. The molecule has 0 aliphatic heterocycles. The molecule has 6 heteroatoms. The summed E-state index contributed by atoms with van der Waals surface area (Å²) >= 11 is 0. The Bertz CT molecular complexity index is 478. The van der Waals surface area contributed by atoms with Crippen LogP contribution in [-0.4, -0.2) is 47.0 Å². The Kier molecular flexibility index (Phi) is 11.1. The molecule has 3 atom stereocenters. The lowest BCUT2D eigenvalue weighted by Gasteiger charge is -2.39. The lowest BCUT2D eigenvalue weighted by atomic mass is 9.65. The van der Waals surface area contributed by atoms with Crippen LogP contribution in [-0.2, 0) is 18.1 Å². The molecule has 0 bridgehead atoms. The summed E-state index contributed by atoms with van der Waals surface area (Å²) in [5.74, 6) is 0.804. The van der Waals surface area contributed by atoms with Crippen molar-refractivity contribution < 1.29 is 18.1 Å². The Morgan fingerprint density at radius 1 is 1.18 bits per heavy atom. The number of hydrogen-bond acceptors (Lipinski definition) is 5. The van der Waals surface area contributed by atoms with Crippen LogP contribution in [0.1, 0.15) is 67.7 Å². The van der Waals surface area contributed by atoms with Gasteiger partial charge in [-0.2, -0.15) is 0 Å². The van der Waals surface area contributed by atoms with Gasteiger partial charge in [-0.1, -0.05) is 32.9 Å². The van der Waals surface area contributed by atoms with E-state index in [1.165, 1.54) is 0 Å². The SMILES string of the molecule is CCO[Si](CCCNC(C)CC(=O)[C@H]1[C@H](C)C=CCC1(C)C)(OCC)OCC. The molecule has 1 rings (SSSR count). The van der Waals surface area contributed by atoms with Crippen LogP contribution in [0.4, 0.5) is 0 Å². The van der Waals surface area contributed by atoms with E-state index in [4.69, 9.17) is 13.3 Å². The first kappa shape index (κ1) is 25.5. The van der Waals surface area contributed by atoms with Gasteiger partial charge in [0.25, 0.3) is 0 Å². The summed E-state index contributed by atoms with van der Waals surface area (Å²) in [5, 5.41) is 3.51. The van der Waals surface area contributed by atoms with Crippen LogP contribution < -0.4 is 5.32 Å². The molecule has 1 aliphatic rings. The zero-order valence-corrected chi connectivity index (χ0v) is 20.2. The third-order valence-electron chi connectivity index (χ3n) is 5.55. The van der Waals surface area contributed by atoms with Gasteiger partial charge in [0.2, 0.25) is 0 Å². The van der Waals surface area contributed by atoms with E-state index in [1.54, 1.807) is 0 Å². The first-order valence-corrected chi connectivity index (χ1v) is 13.0. The molecule has 1 N–H and O–H groups in total. The number of rotatable bonds is 14. The molecule has 1 aliphatic carbocycles. The molecule has 0 aromatic heterocycles. The predicted molar refractivity (Wildman–Crippen MR) is 117 cm³/mol. The highest BCUT2D eigenvalue weighted by Crippen LogP contribution is 2.41. The van der Waals surface area contributed by atoms with Gasteiger partial charge in [-0.25, -0.2) is 0 Å². The highest BCUT2D eigenvalue weighted by Gasteiger charge is 2.40. The fourth-order valence-electron chi connectivity index (χ4n) is 4.42. The third kappa shape index (κ3) is 7.71. The van der Waals surface area contributed by atoms with Gasteiger partial charge in [0, 0.05) is 44.2 Å². The first-order chi connectivity index (χ1) is 13.2. The Hall–Kier alpha value is -0.533. The summed E-state index contributed by atoms with van der Waals surface area (Å²) in [4.78, 5) is 13.0. The van der Waals surface area contributed by atoms with E-state index < -0.39 is 8.80 Å². The van der Waals surface area contributed by atoms with Gasteiger partial charge in [-0.05, 0) is 58.4 Å². The quantitative estimate of drug-likeness (QED) is 0.256. The minimum Gasteiger partial charge on any atom is -0.374 e. The second-order valence-corrected chi connectivity index (χ2v) is 11.3. The Balaban J connectivity index is 2.48. The van der Waals surface area contributed by atoms with Crippen LogP contribution in [0, 0.1) is 17.3 Å². The van der Waals surface area contributed by atoms with Crippen LogP contribution in [0.15, 0.2) is 12.2 Å². The maximum absolute atomic E-state index is 13.0. The van der Waals surface area contributed by atoms with Crippen molar-refractivity contribution in [3.05, 3.63) is 12.2 Å². The molecule has 0 fully saturated rings. The van der Waals surface area contributed by atoms with Crippen LogP contribution in [0.5, 0.6) is 0 Å². The lowest BCUT2D eigenvalue weighted by Crippen LogP contribution is -2.46. The van der Waals surface area contributed by atoms with E-state index in [0.29, 0.717) is 37.9 Å². The van der Waals surface area contributed by atoms with Crippen molar-refractivity contribution in [2.75, 3.05) is 26.4 Å². The molecule has 0 saturated carbocycles. The number of nitrogens with one attached hydrogen (secondary N) is 1. The van der Waals surface area contributed by atoms with Gasteiger partial charge < -0.3 is 18.6 Å². The molecule has 0 amide bonds. The average Bonchev–Trinajstić information content (AvgIpc) is 2.58. The minimum absolute atomic E-state index is 0.0443. The average molecular weight is 414 g/mol. The summed E-state index contributed by atoms with van der Waals surface area (Å²) in [6, 6.07) is 0.969. The van der Waals surface area contributed by atoms with Crippen molar-refractivity contribution in [1.82, 2.24) is 5.32 Å². The van der Waals surface area contributed by atoms with Crippen molar-refractivity contribution >= 4 is 14.6 Å². The molecule has 0 heterocycles. The highest BCUT2D eigenvalue weighted by atomic mass is 28.4. The van der Waals surface area contributed by atoms with E-state index >= 15 is 0 Å². The molecule has 0 radical (unpaired) electrons. The smallest absolute Gasteiger partial charge is 0.374 e. The Labute approximate surface area is 174 Å². The minimum atomic E-state index is -2.57. The van der Waals surface area contributed by atoms with Gasteiger partial charge in [0.15, 0.2) is 0 Å². The number of hydrogen-bond donors (Lipinski definition) is 1. The number of allylic oxidation sites excluding steroid dienone is 2. The Morgan fingerprint density at radius 2 is 1.75 bits per heavy atom. The maximum Gasteiger partial charge on any atom is 0.500 e. The summed E-state index contributed by atoms with van der Waals surface area (Å²) < 4.78 is 17.7. The molecule has 1 unspecified atom stereocenters. The van der Waals surface area contributed by atoms with Crippen LogP contribution >= 0.6 is 0 Å². The van der Waals surface area contributed by atoms with Crippen LogP contribution in [0.25, 0.3) is 0 Å². The van der Waals surface area contributed by atoms with E-state index in [0.717, 1.165) is 25.4 Å². The Morgan fingerprint density at radius 3 is 2.25 bits per heavy atom. The summed E-state index contributed by atoms with van der Waals surface area (Å²) in [5.41, 5.74) is 0.0443. The standard InChI is InChI=1S/C22H43NO4Si/c1-8-25-28(26-9-2,27-10-3)16-12-15-23-19(5)17-20(24)21-18(4)13-11-14-22(21,6)7/h11,13,18-19,21,23H,8-10,12,14-17H2,1-7H3/t18-,19?,21-/m1/s1. The normalized spacial score (nSPS) is 23.0. The summed E-state index contributed by atoms with van der Waals surface area (Å²) in [7, 11) is -2.57. The molecule has 0 spiro atoms. The van der Waals surface area contributed by atoms with E-state index in [-0.39, 0.29) is 17.4 Å². The molecular weight excluding hydrogens is 370 g/mol. The van der Waals surface area contributed by atoms with Crippen molar-refractivity contribution in [1.29, 1.82) is 0 Å². The zero-order valence-electron chi connectivity index (χ0n) is 19.2. The van der Waals surface area contributed by atoms with Crippen molar-refractivity contribution in [3.63, 3.8) is 0 Å². The molecular formula is C22H43NO4Si. The zero-order chi connectivity index (χ0) is 21.2. The number of ketones is 1. The second-order valence-electron chi connectivity index (χ2n) is 8.57. The van der Waals surface area contributed by atoms with Gasteiger partial charge in [-0.15, -0.1) is 0 Å². The number of carbonyl (C=O) groups is 1. The topological polar surface area (TPSA) is 56.8 Å². The number of Topliss-reactive ketones (excluding diaryl/α,β-unsaturated/α-hetero) is 1. The van der Waals surface area contributed by atoms with Crippen LogP contribution in [0.2, 0.25) is 6.04 Å². The van der Waals surface area contributed by atoms with Gasteiger partial charge >= 0.3 is 8.80 Å². The van der Waals surface area contributed by atoms with Gasteiger partial charge in [-0.3, -0.25) is 4.79 Å². The van der Waals surface area contributed by atoms with Gasteiger partial charge in [0.1, 0.15) is 5.78 Å². The molecule has 0 saturated heterocycles. The molecule has 28 heavy (non-hydrogen) atoms. The van der Waals surface area contributed by atoms with E-state index in [9.17, 15) is 4.79 Å². The number of carbonyl (C=O) groups excluding carboxylic acids is 1. The molecule has 164 valence electrons. The highest BCUT2D eigenvalue weighted by molar-refractivity contribution is 6.60.